The van der Waals surface area contributed by atoms with Gasteiger partial charge in [-0.3, -0.25) is 4.79 Å². The lowest BCUT2D eigenvalue weighted by Crippen LogP contribution is -2.30. The summed E-state index contributed by atoms with van der Waals surface area (Å²) in [6.07, 6.45) is 0. The first kappa shape index (κ1) is 17.0. The van der Waals surface area contributed by atoms with Gasteiger partial charge in [0.05, 0.1) is 12.7 Å². The number of methoxy groups -OCH3 is 1. The van der Waals surface area contributed by atoms with Gasteiger partial charge in [-0.2, -0.15) is 0 Å². The van der Waals surface area contributed by atoms with Crippen LogP contribution in [0.15, 0.2) is 53.0 Å². The first-order valence-electron chi connectivity index (χ1n) is 8.02. The van der Waals surface area contributed by atoms with Gasteiger partial charge >= 0.3 is 0 Å². The fourth-order valence-electron chi connectivity index (χ4n) is 3.37. The smallest absolute Gasteiger partial charge is 0.257 e. The summed E-state index contributed by atoms with van der Waals surface area (Å²) >= 11 is 3.41. The van der Waals surface area contributed by atoms with E-state index in [1.165, 1.54) is 5.56 Å². The van der Waals surface area contributed by atoms with Crippen LogP contribution in [0.3, 0.4) is 0 Å². The molecule has 2 atom stereocenters. The zero-order valence-corrected chi connectivity index (χ0v) is 15.2. The van der Waals surface area contributed by atoms with Gasteiger partial charge in [-0.15, -0.1) is 0 Å². The molecule has 1 heterocycles. The Bertz CT molecular complexity index is 721. The van der Waals surface area contributed by atoms with E-state index in [0.717, 1.165) is 4.47 Å². The zero-order chi connectivity index (χ0) is 17.1. The van der Waals surface area contributed by atoms with Crippen molar-refractivity contribution in [3.63, 3.8) is 0 Å². The van der Waals surface area contributed by atoms with Crippen LogP contribution < -0.4 is 10.5 Å². The van der Waals surface area contributed by atoms with Crippen LogP contribution in [0.25, 0.3) is 0 Å². The van der Waals surface area contributed by atoms with Crippen LogP contribution in [-0.4, -0.2) is 37.6 Å². The molecule has 2 aromatic rings. The second-order valence-corrected chi connectivity index (χ2v) is 6.98. The minimum Gasteiger partial charge on any atom is -0.496 e. The van der Waals surface area contributed by atoms with E-state index in [2.05, 4.69) is 28.1 Å². The summed E-state index contributed by atoms with van der Waals surface area (Å²) in [5.41, 5.74) is 7.80. The summed E-state index contributed by atoms with van der Waals surface area (Å²) < 4.78 is 6.26. The molecular weight excluding hydrogens is 368 g/mol. The van der Waals surface area contributed by atoms with Crippen LogP contribution in [0, 0.1) is 5.92 Å². The largest absolute Gasteiger partial charge is 0.496 e. The molecule has 3 rings (SSSR count). The maximum absolute atomic E-state index is 13.0. The van der Waals surface area contributed by atoms with E-state index in [-0.39, 0.29) is 17.7 Å². The van der Waals surface area contributed by atoms with E-state index < -0.39 is 0 Å². The van der Waals surface area contributed by atoms with Crippen LogP contribution in [-0.2, 0) is 0 Å². The van der Waals surface area contributed by atoms with Gasteiger partial charge in [0.25, 0.3) is 5.91 Å². The minimum atomic E-state index is -0.00349. The monoisotopic (exact) mass is 388 g/mol. The maximum Gasteiger partial charge on any atom is 0.257 e. The molecule has 4 nitrogen and oxygen atoms in total. The lowest BCUT2D eigenvalue weighted by molar-refractivity contribution is 0.0783. The van der Waals surface area contributed by atoms with Gasteiger partial charge in [0, 0.05) is 23.5 Å². The molecule has 0 aliphatic carbocycles. The molecule has 1 amide bonds. The molecule has 0 unspecified atom stereocenters. The number of ether oxygens (including phenoxy) is 1. The lowest BCUT2D eigenvalue weighted by atomic mass is 9.89. The maximum atomic E-state index is 13.0. The number of amides is 1. The van der Waals surface area contributed by atoms with Crippen molar-refractivity contribution in [2.75, 3.05) is 26.7 Å². The second kappa shape index (κ2) is 7.36. The molecule has 0 spiro atoms. The minimum absolute atomic E-state index is 0.00349. The number of hydrogen-bond acceptors (Lipinski definition) is 3. The van der Waals surface area contributed by atoms with E-state index in [1.54, 1.807) is 13.2 Å². The molecular formula is C19H21BrN2O2. The highest BCUT2D eigenvalue weighted by atomic mass is 79.9. The standard InChI is InChI=1S/C19H21BrN2O2/c1-24-18-9-15(20)7-8-16(18)19(23)22-11-14(10-21)17(12-22)13-5-3-2-4-6-13/h2-9,14,17H,10-12,21H2,1H3/t14-,17+/m1/s1. The van der Waals surface area contributed by atoms with Crippen molar-refractivity contribution >= 4 is 21.8 Å². The molecule has 1 fully saturated rings. The highest BCUT2D eigenvalue weighted by Gasteiger charge is 2.36. The fraction of sp³-hybridized carbons (Fsp3) is 0.316. The van der Waals surface area contributed by atoms with Gasteiger partial charge in [0.15, 0.2) is 0 Å². The topological polar surface area (TPSA) is 55.6 Å². The summed E-state index contributed by atoms with van der Waals surface area (Å²) in [6.45, 7) is 1.93. The molecule has 126 valence electrons. The van der Waals surface area contributed by atoms with Gasteiger partial charge in [-0.05, 0) is 36.2 Å². The quantitative estimate of drug-likeness (QED) is 0.873. The highest BCUT2D eigenvalue weighted by Crippen LogP contribution is 2.34. The average molecular weight is 389 g/mol. The van der Waals surface area contributed by atoms with Crippen LogP contribution in [0.5, 0.6) is 5.75 Å². The Labute approximate surface area is 150 Å². The van der Waals surface area contributed by atoms with Crippen LogP contribution in [0.2, 0.25) is 0 Å². The molecule has 1 saturated heterocycles. The molecule has 0 saturated carbocycles. The van der Waals surface area contributed by atoms with Crippen molar-refractivity contribution in [3.05, 3.63) is 64.1 Å². The Morgan fingerprint density at radius 2 is 2.00 bits per heavy atom. The highest BCUT2D eigenvalue weighted by molar-refractivity contribution is 9.10. The third-order valence-electron chi connectivity index (χ3n) is 4.65. The summed E-state index contributed by atoms with van der Waals surface area (Å²) in [6, 6.07) is 15.8. The number of hydrogen-bond donors (Lipinski definition) is 1. The third-order valence-corrected chi connectivity index (χ3v) is 5.15. The van der Waals surface area contributed by atoms with Crippen molar-refractivity contribution in [1.29, 1.82) is 0 Å². The molecule has 0 bridgehead atoms. The molecule has 2 N–H and O–H groups in total. The summed E-state index contributed by atoms with van der Waals surface area (Å²) in [7, 11) is 1.58. The number of halogens is 1. The van der Waals surface area contributed by atoms with Crippen LogP contribution in [0.4, 0.5) is 0 Å². The van der Waals surface area contributed by atoms with Gasteiger partial charge < -0.3 is 15.4 Å². The van der Waals surface area contributed by atoms with Gasteiger partial charge in [0.2, 0.25) is 0 Å². The third kappa shape index (κ3) is 3.32. The molecule has 5 heteroatoms. The van der Waals surface area contributed by atoms with E-state index in [4.69, 9.17) is 10.5 Å². The second-order valence-electron chi connectivity index (χ2n) is 6.07. The SMILES string of the molecule is COc1cc(Br)ccc1C(=O)N1C[C@@H](CN)[C@H](c2ccccc2)C1. The van der Waals surface area contributed by atoms with Crippen molar-refractivity contribution in [2.45, 2.75) is 5.92 Å². The van der Waals surface area contributed by atoms with Gasteiger partial charge in [-0.1, -0.05) is 46.3 Å². The molecule has 0 aromatic heterocycles. The molecule has 0 radical (unpaired) electrons. The van der Waals surface area contributed by atoms with Crippen molar-refractivity contribution in [1.82, 2.24) is 4.90 Å². The summed E-state index contributed by atoms with van der Waals surface area (Å²) in [5, 5.41) is 0. The van der Waals surface area contributed by atoms with Crippen molar-refractivity contribution < 1.29 is 9.53 Å². The van der Waals surface area contributed by atoms with Gasteiger partial charge in [0.1, 0.15) is 5.75 Å². The van der Waals surface area contributed by atoms with Crippen molar-refractivity contribution in [3.8, 4) is 5.75 Å². The summed E-state index contributed by atoms with van der Waals surface area (Å²) in [5.74, 6) is 1.14. The molecule has 1 aliphatic heterocycles. The van der Waals surface area contributed by atoms with E-state index >= 15 is 0 Å². The first-order chi connectivity index (χ1) is 11.6. The Morgan fingerprint density at radius 3 is 2.67 bits per heavy atom. The number of rotatable bonds is 4. The Morgan fingerprint density at radius 1 is 1.25 bits per heavy atom. The molecule has 24 heavy (non-hydrogen) atoms. The molecule has 2 aromatic carbocycles. The number of nitrogens with two attached hydrogens (primary N) is 1. The Kier molecular flexibility index (Phi) is 5.21. The van der Waals surface area contributed by atoms with E-state index in [1.807, 2.05) is 35.2 Å². The zero-order valence-electron chi connectivity index (χ0n) is 13.6. The predicted octanol–water partition coefficient (Wildman–Crippen LogP) is 3.27. The number of carbonyl (C=O) groups excluding carboxylic acids is 1. The lowest BCUT2D eigenvalue weighted by Gasteiger charge is -2.18. The first-order valence-corrected chi connectivity index (χ1v) is 8.81. The Hall–Kier alpha value is -1.85. The van der Waals surface area contributed by atoms with Crippen molar-refractivity contribution in [2.24, 2.45) is 11.7 Å². The molecule has 1 aliphatic rings. The van der Waals surface area contributed by atoms with E-state index in [0.29, 0.717) is 30.9 Å². The number of benzene rings is 2. The summed E-state index contributed by atoms with van der Waals surface area (Å²) in [4.78, 5) is 14.9. The van der Waals surface area contributed by atoms with Gasteiger partial charge in [-0.25, -0.2) is 0 Å². The Balaban J connectivity index is 1.84. The van der Waals surface area contributed by atoms with Crippen LogP contribution >= 0.6 is 15.9 Å². The number of nitrogens with zero attached hydrogens (tertiary/aromatic N) is 1. The van der Waals surface area contributed by atoms with Crippen LogP contribution in [0.1, 0.15) is 21.8 Å². The number of likely N-dealkylation sites (tertiary alicyclic amines) is 1. The predicted molar refractivity (Wildman–Crippen MR) is 98.3 cm³/mol. The normalized spacial score (nSPS) is 20.2. The van der Waals surface area contributed by atoms with E-state index in [9.17, 15) is 4.79 Å². The fourth-order valence-corrected chi connectivity index (χ4v) is 3.71. The number of carbonyl (C=O) groups is 1. The average Bonchev–Trinajstić information content (AvgIpc) is 3.06.